The minimum Gasteiger partial charge on any atom is -0.484 e. The van der Waals surface area contributed by atoms with Crippen molar-refractivity contribution in [3.63, 3.8) is 0 Å². The standard InChI is InChI=1S/C20H25NO4/c1-15-3-7-17(8-4-15)19(24-12-11-22)13-21-20(23)14-25-18-9-5-16(2)6-10-18/h3-10,19,22H,11-14H2,1-2H3,(H,21,23). The first-order valence-corrected chi connectivity index (χ1v) is 8.33. The molecule has 0 saturated heterocycles. The van der Waals surface area contributed by atoms with Crippen LogP contribution in [-0.4, -0.2) is 37.4 Å². The molecule has 134 valence electrons. The zero-order valence-electron chi connectivity index (χ0n) is 14.7. The molecule has 0 aliphatic heterocycles. The number of aryl methyl sites for hydroxylation is 2. The van der Waals surface area contributed by atoms with Gasteiger partial charge >= 0.3 is 0 Å². The number of hydrogen-bond donors (Lipinski definition) is 2. The molecule has 5 nitrogen and oxygen atoms in total. The van der Waals surface area contributed by atoms with Crippen molar-refractivity contribution in [1.29, 1.82) is 0 Å². The molecule has 0 aromatic heterocycles. The fourth-order valence-corrected chi connectivity index (χ4v) is 2.29. The first-order valence-electron chi connectivity index (χ1n) is 8.33. The van der Waals surface area contributed by atoms with Gasteiger partial charge < -0.3 is 19.9 Å². The summed E-state index contributed by atoms with van der Waals surface area (Å²) < 4.78 is 11.1. The molecule has 25 heavy (non-hydrogen) atoms. The number of carbonyl (C=O) groups is 1. The lowest BCUT2D eigenvalue weighted by Crippen LogP contribution is -2.33. The summed E-state index contributed by atoms with van der Waals surface area (Å²) in [6, 6.07) is 15.5. The van der Waals surface area contributed by atoms with Gasteiger partial charge in [-0.1, -0.05) is 47.5 Å². The van der Waals surface area contributed by atoms with E-state index >= 15 is 0 Å². The number of ether oxygens (including phenoxy) is 2. The van der Waals surface area contributed by atoms with E-state index in [1.165, 1.54) is 0 Å². The third-order valence-corrected chi connectivity index (χ3v) is 3.73. The Hall–Kier alpha value is -2.37. The second-order valence-corrected chi connectivity index (χ2v) is 5.90. The fraction of sp³-hybridized carbons (Fsp3) is 0.350. The van der Waals surface area contributed by atoms with Crippen LogP contribution in [0.5, 0.6) is 5.75 Å². The third kappa shape index (κ3) is 6.57. The Morgan fingerprint density at radius 3 is 2.24 bits per heavy atom. The normalized spacial score (nSPS) is 11.8. The predicted molar refractivity (Wildman–Crippen MR) is 96.6 cm³/mol. The number of hydrogen-bond acceptors (Lipinski definition) is 4. The van der Waals surface area contributed by atoms with Gasteiger partial charge in [-0.25, -0.2) is 0 Å². The van der Waals surface area contributed by atoms with E-state index in [1.807, 2.05) is 62.4 Å². The average Bonchev–Trinajstić information content (AvgIpc) is 2.62. The molecule has 2 rings (SSSR count). The number of nitrogens with one attached hydrogen (secondary N) is 1. The van der Waals surface area contributed by atoms with Crippen molar-refractivity contribution in [2.24, 2.45) is 0 Å². The van der Waals surface area contributed by atoms with E-state index in [9.17, 15) is 4.79 Å². The Balaban J connectivity index is 1.84. The number of benzene rings is 2. The zero-order chi connectivity index (χ0) is 18.1. The smallest absolute Gasteiger partial charge is 0.258 e. The van der Waals surface area contributed by atoms with Crippen LogP contribution in [-0.2, 0) is 9.53 Å². The molecule has 2 N–H and O–H groups in total. The van der Waals surface area contributed by atoms with Crippen LogP contribution in [0.1, 0.15) is 22.8 Å². The monoisotopic (exact) mass is 343 g/mol. The molecule has 0 saturated carbocycles. The first kappa shape index (κ1) is 19.0. The quantitative estimate of drug-likeness (QED) is 0.734. The van der Waals surface area contributed by atoms with Gasteiger partial charge in [0.05, 0.1) is 19.3 Å². The number of aliphatic hydroxyl groups excluding tert-OH is 1. The summed E-state index contributed by atoms with van der Waals surface area (Å²) in [6.45, 7) is 4.43. The molecular formula is C20H25NO4. The Morgan fingerprint density at radius 2 is 1.64 bits per heavy atom. The van der Waals surface area contributed by atoms with E-state index in [4.69, 9.17) is 14.6 Å². The molecule has 0 radical (unpaired) electrons. The second kappa shape index (κ2) is 9.81. The molecule has 0 aliphatic carbocycles. The van der Waals surface area contributed by atoms with E-state index < -0.39 is 0 Å². The van der Waals surface area contributed by atoms with Gasteiger partial charge in [-0.05, 0) is 31.5 Å². The molecule has 0 fully saturated rings. The van der Waals surface area contributed by atoms with Crippen LogP contribution in [0.4, 0.5) is 0 Å². The highest BCUT2D eigenvalue weighted by atomic mass is 16.5. The Labute approximate surface area is 148 Å². The molecular weight excluding hydrogens is 318 g/mol. The fourth-order valence-electron chi connectivity index (χ4n) is 2.29. The highest BCUT2D eigenvalue weighted by Crippen LogP contribution is 2.17. The van der Waals surface area contributed by atoms with Crippen molar-refractivity contribution in [3.05, 3.63) is 65.2 Å². The van der Waals surface area contributed by atoms with Crippen LogP contribution >= 0.6 is 0 Å². The van der Waals surface area contributed by atoms with Gasteiger partial charge in [-0.15, -0.1) is 0 Å². The van der Waals surface area contributed by atoms with Gasteiger partial charge in [0.15, 0.2) is 6.61 Å². The lowest BCUT2D eigenvalue weighted by atomic mass is 10.1. The molecule has 0 heterocycles. The maximum absolute atomic E-state index is 12.0. The third-order valence-electron chi connectivity index (χ3n) is 3.73. The number of carbonyl (C=O) groups excluding carboxylic acids is 1. The minimum atomic E-state index is -0.309. The average molecular weight is 343 g/mol. The van der Waals surface area contributed by atoms with Crippen LogP contribution in [0.2, 0.25) is 0 Å². The molecule has 1 amide bonds. The van der Waals surface area contributed by atoms with Gasteiger partial charge in [0.1, 0.15) is 5.75 Å². The van der Waals surface area contributed by atoms with E-state index in [0.29, 0.717) is 12.3 Å². The van der Waals surface area contributed by atoms with Crippen LogP contribution in [0, 0.1) is 13.8 Å². The number of amides is 1. The van der Waals surface area contributed by atoms with Crippen molar-refractivity contribution >= 4 is 5.91 Å². The van der Waals surface area contributed by atoms with Crippen molar-refractivity contribution in [3.8, 4) is 5.75 Å². The van der Waals surface area contributed by atoms with Gasteiger partial charge in [-0.2, -0.15) is 0 Å². The molecule has 0 bridgehead atoms. The highest BCUT2D eigenvalue weighted by Gasteiger charge is 2.14. The summed E-state index contributed by atoms with van der Waals surface area (Å²) >= 11 is 0. The number of aliphatic hydroxyl groups is 1. The minimum absolute atomic E-state index is 0.0519. The number of rotatable bonds is 9. The molecule has 5 heteroatoms. The van der Waals surface area contributed by atoms with Crippen molar-refractivity contribution in [2.45, 2.75) is 20.0 Å². The maximum Gasteiger partial charge on any atom is 0.258 e. The van der Waals surface area contributed by atoms with Gasteiger partial charge in [0.25, 0.3) is 5.91 Å². The summed E-state index contributed by atoms with van der Waals surface area (Å²) in [4.78, 5) is 12.0. The largest absolute Gasteiger partial charge is 0.484 e. The van der Waals surface area contributed by atoms with Crippen molar-refractivity contribution in [1.82, 2.24) is 5.32 Å². The van der Waals surface area contributed by atoms with Crippen molar-refractivity contribution < 1.29 is 19.4 Å². The molecule has 1 unspecified atom stereocenters. The SMILES string of the molecule is Cc1ccc(OCC(=O)NCC(OCCO)c2ccc(C)cc2)cc1. The summed E-state index contributed by atoms with van der Waals surface area (Å²) in [5.41, 5.74) is 3.25. The first-order chi connectivity index (χ1) is 12.1. The lowest BCUT2D eigenvalue weighted by molar-refractivity contribution is -0.123. The Kier molecular flexibility index (Phi) is 7.44. The highest BCUT2D eigenvalue weighted by molar-refractivity contribution is 5.77. The predicted octanol–water partition coefficient (Wildman–Crippen LogP) is 2.55. The van der Waals surface area contributed by atoms with Gasteiger partial charge in [0, 0.05) is 6.54 Å². The van der Waals surface area contributed by atoms with Crippen LogP contribution in [0.15, 0.2) is 48.5 Å². The summed E-state index contributed by atoms with van der Waals surface area (Å²) in [5.74, 6) is 0.442. The molecule has 2 aromatic rings. The van der Waals surface area contributed by atoms with E-state index in [-0.39, 0.29) is 31.8 Å². The van der Waals surface area contributed by atoms with Gasteiger partial charge in [0.2, 0.25) is 0 Å². The van der Waals surface area contributed by atoms with E-state index in [2.05, 4.69) is 5.32 Å². The van der Waals surface area contributed by atoms with Gasteiger partial charge in [-0.3, -0.25) is 4.79 Å². The molecule has 1 atom stereocenters. The lowest BCUT2D eigenvalue weighted by Gasteiger charge is -2.19. The molecule has 0 spiro atoms. The van der Waals surface area contributed by atoms with Crippen LogP contribution in [0.3, 0.4) is 0 Å². The van der Waals surface area contributed by atoms with Crippen molar-refractivity contribution in [2.75, 3.05) is 26.4 Å². The zero-order valence-corrected chi connectivity index (χ0v) is 14.7. The maximum atomic E-state index is 12.0. The molecule has 2 aromatic carbocycles. The Morgan fingerprint density at radius 1 is 1.04 bits per heavy atom. The summed E-state index contributed by atoms with van der Waals surface area (Å²) in [5, 5.41) is 11.8. The van der Waals surface area contributed by atoms with Crippen LogP contribution in [0.25, 0.3) is 0 Å². The van der Waals surface area contributed by atoms with E-state index in [1.54, 1.807) is 0 Å². The Bertz CT molecular complexity index is 652. The van der Waals surface area contributed by atoms with Crippen LogP contribution < -0.4 is 10.1 Å². The molecule has 0 aliphatic rings. The second-order valence-electron chi connectivity index (χ2n) is 5.90. The summed E-state index contributed by atoms with van der Waals surface area (Å²) in [6.07, 6.45) is -0.309. The summed E-state index contributed by atoms with van der Waals surface area (Å²) in [7, 11) is 0. The topological polar surface area (TPSA) is 67.8 Å². The van der Waals surface area contributed by atoms with E-state index in [0.717, 1.165) is 16.7 Å².